The van der Waals surface area contributed by atoms with Crippen LogP contribution in [-0.4, -0.2) is 42.4 Å². The van der Waals surface area contributed by atoms with Gasteiger partial charge in [-0.05, 0) is 49.4 Å². The fourth-order valence-corrected chi connectivity index (χ4v) is 3.91. The van der Waals surface area contributed by atoms with Crippen LogP contribution in [0.3, 0.4) is 0 Å². The number of halogens is 1. The van der Waals surface area contributed by atoms with E-state index in [4.69, 9.17) is 16.3 Å². The number of aliphatic hydroxyl groups is 1. The largest absolute Gasteiger partial charge is 0.489 e. The Bertz CT molecular complexity index is 776. The Kier molecular flexibility index (Phi) is 7.11. The number of piperidine rings is 1. The molecule has 0 saturated carbocycles. The molecule has 1 N–H and O–H groups in total. The molecule has 4 nitrogen and oxygen atoms in total. The smallest absolute Gasteiger partial charge is 0.138 e. The molecule has 0 radical (unpaired) electrons. The molecule has 0 bridgehead atoms. The predicted octanol–water partition coefficient (Wildman–Crippen LogP) is 3.91. The Morgan fingerprint density at radius 2 is 2.04 bits per heavy atom. The van der Waals surface area contributed by atoms with Gasteiger partial charge < -0.3 is 14.7 Å². The van der Waals surface area contributed by atoms with Crippen molar-refractivity contribution in [3.05, 3.63) is 64.7 Å². The maximum Gasteiger partial charge on any atom is 0.138 e. The van der Waals surface area contributed by atoms with E-state index < -0.39 is 6.10 Å². The lowest BCUT2D eigenvalue weighted by molar-refractivity contribution is 0.0518. The summed E-state index contributed by atoms with van der Waals surface area (Å²) in [6, 6.07) is 17.7. The first-order valence-electron chi connectivity index (χ1n) is 9.41. The number of nitriles is 1. The molecule has 1 aliphatic rings. The zero-order chi connectivity index (χ0) is 19.1. The van der Waals surface area contributed by atoms with Gasteiger partial charge in [-0.15, -0.1) is 0 Å². The second-order valence-electron chi connectivity index (χ2n) is 7.15. The SMILES string of the molecule is N#Cc1c(Cl)cccc1OC[C@H](O)CN1CCC[C@H](Cc2ccccc2)C1. The van der Waals surface area contributed by atoms with Crippen LogP contribution < -0.4 is 4.74 Å². The van der Waals surface area contributed by atoms with Crippen molar-refractivity contribution in [2.45, 2.75) is 25.4 Å². The summed E-state index contributed by atoms with van der Waals surface area (Å²) in [6.07, 6.45) is 2.85. The minimum absolute atomic E-state index is 0.148. The molecule has 0 amide bonds. The summed E-state index contributed by atoms with van der Waals surface area (Å²) in [7, 11) is 0. The van der Waals surface area contributed by atoms with Crippen LogP contribution in [0.25, 0.3) is 0 Å². The molecule has 1 fully saturated rings. The number of benzene rings is 2. The van der Waals surface area contributed by atoms with Gasteiger partial charge in [-0.25, -0.2) is 0 Å². The van der Waals surface area contributed by atoms with E-state index in [0.29, 0.717) is 28.8 Å². The van der Waals surface area contributed by atoms with Crippen LogP contribution in [0.5, 0.6) is 5.75 Å². The Morgan fingerprint density at radius 1 is 1.22 bits per heavy atom. The summed E-state index contributed by atoms with van der Waals surface area (Å²) < 4.78 is 5.65. The van der Waals surface area contributed by atoms with Gasteiger partial charge >= 0.3 is 0 Å². The molecule has 2 atom stereocenters. The Balaban J connectivity index is 1.48. The molecule has 1 saturated heterocycles. The first-order valence-corrected chi connectivity index (χ1v) is 9.79. The molecule has 3 rings (SSSR count). The van der Waals surface area contributed by atoms with Crippen molar-refractivity contribution >= 4 is 11.6 Å². The molecule has 2 aromatic rings. The highest BCUT2D eigenvalue weighted by Gasteiger charge is 2.22. The number of hydrogen-bond acceptors (Lipinski definition) is 4. The molecule has 1 aliphatic heterocycles. The second kappa shape index (κ2) is 9.75. The molecule has 0 aromatic heterocycles. The third-order valence-electron chi connectivity index (χ3n) is 4.96. The van der Waals surface area contributed by atoms with Crippen LogP contribution in [0.1, 0.15) is 24.0 Å². The Hall–Kier alpha value is -2.06. The fraction of sp³-hybridized carbons (Fsp3) is 0.409. The normalized spacial score (nSPS) is 18.6. The van der Waals surface area contributed by atoms with Crippen molar-refractivity contribution in [3.8, 4) is 11.8 Å². The van der Waals surface area contributed by atoms with E-state index in [1.165, 1.54) is 12.0 Å². The number of aliphatic hydroxyl groups excluding tert-OH is 1. The van der Waals surface area contributed by atoms with Crippen LogP contribution in [0.15, 0.2) is 48.5 Å². The molecule has 0 aliphatic carbocycles. The molecule has 2 aromatic carbocycles. The van der Waals surface area contributed by atoms with Crippen LogP contribution in [0, 0.1) is 17.2 Å². The highest BCUT2D eigenvalue weighted by Crippen LogP contribution is 2.25. The maximum absolute atomic E-state index is 10.4. The van der Waals surface area contributed by atoms with E-state index in [-0.39, 0.29) is 6.61 Å². The maximum atomic E-state index is 10.4. The van der Waals surface area contributed by atoms with E-state index in [2.05, 4.69) is 29.2 Å². The summed E-state index contributed by atoms with van der Waals surface area (Å²) in [6.45, 7) is 2.72. The van der Waals surface area contributed by atoms with Crippen molar-refractivity contribution in [2.24, 2.45) is 5.92 Å². The van der Waals surface area contributed by atoms with Gasteiger partial charge in [0.25, 0.3) is 0 Å². The van der Waals surface area contributed by atoms with Crippen molar-refractivity contribution in [1.29, 1.82) is 5.26 Å². The van der Waals surface area contributed by atoms with Crippen molar-refractivity contribution < 1.29 is 9.84 Å². The van der Waals surface area contributed by atoms with Crippen LogP contribution in [0.4, 0.5) is 0 Å². The van der Waals surface area contributed by atoms with Crippen molar-refractivity contribution in [2.75, 3.05) is 26.2 Å². The molecule has 27 heavy (non-hydrogen) atoms. The van der Waals surface area contributed by atoms with E-state index >= 15 is 0 Å². The first-order chi connectivity index (χ1) is 13.2. The number of ether oxygens (including phenoxy) is 1. The lowest BCUT2D eigenvalue weighted by Gasteiger charge is -2.34. The summed E-state index contributed by atoms with van der Waals surface area (Å²) in [5, 5.41) is 19.9. The summed E-state index contributed by atoms with van der Waals surface area (Å²) in [5.74, 6) is 1.04. The second-order valence-corrected chi connectivity index (χ2v) is 7.55. The molecule has 142 valence electrons. The third kappa shape index (κ3) is 5.71. The fourth-order valence-electron chi connectivity index (χ4n) is 3.70. The third-order valence-corrected chi connectivity index (χ3v) is 5.27. The van der Waals surface area contributed by atoms with Crippen molar-refractivity contribution in [3.63, 3.8) is 0 Å². The van der Waals surface area contributed by atoms with Gasteiger partial charge in [-0.1, -0.05) is 48.0 Å². The summed E-state index contributed by atoms with van der Waals surface area (Å²) >= 11 is 6.01. The zero-order valence-electron chi connectivity index (χ0n) is 15.4. The van der Waals surface area contributed by atoms with Gasteiger partial charge in [0.1, 0.15) is 30.1 Å². The number of rotatable bonds is 7. The minimum atomic E-state index is -0.606. The molecule has 0 spiro atoms. The number of nitrogens with zero attached hydrogens (tertiary/aromatic N) is 2. The molecule has 1 heterocycles. The topological polar surface area (TPSA) is 56.5 Å². The lowest BCUT2D eigenvalue weighted by Crippen LogP contribution is -2.42. The lowest BCUT2D eigenvalue weighted by atomic mass is 9.91. The average molecular weight is 385 g/mol. The minimum Gasteiger partial charge on any atom is -0.489 e. The molecule has 5 heteroatoms. The molecule has 0 unspecified atom stereocenters. The number of likely N-dealkylation sites (tertiary alicyclic amines) is 1. The summed E-state index contributed by atoms with van der Waals surface area (Å²) in [4.78, 5) is 2.31. The highest BCUT2D eigenvalue weighted by atomic mass is 35.5. The first kappa shape index (κ1) is 19.7. The quantitative estimate of drug-likeness (QED) is 0.786. The van der Waals surface area contributed by atoms with Gasteiger partial charge in [0.05, 0.1) is 5.02 Å². The van der Waals surface area contributed by atoms with E-state index in [0.717, 1.165) is 25.9 Å². The van der Waals surface area contributed by atoms with Gasteiger partial charge in [0.2, 0.25) is 0 Å². The number of β-amino-alcohol motifs (C(OH)–C–C–N with tert-alkyl or cyclic N) is 1. The van der Waals surface area contributed by atoms with Gasteiger partial charge in [-0.3, -0.25) is 0 Å². The van der Waals surface area contributed by atoms with Crippen LogP contribution >= 0.6 is 11.6 Å². The number of hydrogen-bond donors (Lipinski definition) is 1. The van der Waals surface area contributed by atoms with Crippen molar-refractivity contribution in [1.82, 2.24) is 4.90 Å². The van der Waals surface area contributed by atoms with Crippen LogP contribution in [-0.2, 0) is 6.42 Å². The van der Waals surface area contributed by atoms with Crippen LogP contribution in [0.2, 0.25) is 5.02 Å². The Morgan fingerprint density at radius 3 is 2.81 bits per heavy atom. The molecular weight excluding hydrogens is 360 g/mol. The van der Waals surface area contributed by atoms with Gasteiger partial charge in [0, 0.05) is 13.1 Å². The summed E-state index contributed by atoms with van der Waals surface area (Å²) in [5.41, 5.74) is 1.69. The zero-order valence-corrected chi connectivity index (χ0v) is 16.1. The highest BCUT2D eigenvalue weighted by molar-refractivity contribution is 6.31. The molecular formula is C22H25ClN2O2. The van der Waals surface area contributed by atoms with Gasteiger partial charge in [-0.2, -0.15) is 5.26 Å². The standard InChI is InChI=1S/C22H25ClN2O2/c23-21-9-4-10-22(20(21)13-24)27-16-19(26)15-25-11-5-8-18(14-25)12-17-6-2-1-3-7-17/h1-4,6-7,9-10,18-19,26H,5,8,11-12,14-16H2/t18-,19-/m1/s1. The van der Waals surface area contributed by atoms with E-state index in [1.807, 2.05) is 12.1 Å². The van der Waals surface area contributed by atoms with E-state index in [1.54, 1.807) is 18.2 Å². The Labute approximate surface area is 165 Å². The average Bonchev–Trinajstić information content (AvgIpc) is 2.67. The van der Waals surface area contributed by atoms with Gasteiger partial charge in [0.15, 0.2) is 0 Å². The monoisotopic (exact) mass is 384 g/mol. The van der Waals surface area contributed by atoms with E-state index in [9.17, 15) is 10.4 Å². The predicted molar refractivity (Wildman–Crippen MR) is 107 cm³/mol.